The third kappa shape index (κ3) is 3.62. The zero-order valence-corrected chi connectivity index (χ0v) is 14.4. The lowest BCUT2D eigenvalue weighted by molar-refractivity contribution is -0.141. The van der Waals surface area contributed by atoms with E-state index in [1.54, 1.807) is 11.9 Å². The first-order chi connectivity index (χ1) is 9.95. The summed E-state index contributed by atoms with van der Waals surface area (Å²) in [7, 11) is 1.79. The van der Waals surface area contributed by atoms with E-state index >= 15 is 0 Å². The first-order valence-electron chi connectivity index (χ1n) is 6.83. The Labute approximate surface area is 138 Å². The number of amides is 1. The van der Waals surface area contributed by atoms with Crippen molar-refractivity contribution in [3.63, 3.8) is 0 Å². The summed E-state index contributed by atoms with van der Waals surface area (Å²) >= 11 is 8.61. The lowest BCUT2D eigenvalue weighted by Gasteiger charge is -2.37. The summed E-state index contributed by atoms with van der Waals surface area (Å²) in [5, 5.41) is 0. The summed E-state index contributed by atoms with van der Waals surface area (Å²) in [6.45, 7) is 1.57. The molecule has 1 aliphatic heterocycles. The molecule has 0 radical (unpaired) electrons. The molecule has 1 heterocycles. The highest BCUT2D eigenvalue weighted by Crippen LogP contribution is 2.33. The molecule has 2 rings (SSSR count). The van der Waals surface area contributed by atoms with Gasteiger partial charge >= 0.3 is 0 Å². The Morgan fingerprint density at radius 3 is 2.71 bits per heavy atom. The lowest BCUT2D eigenvalue weighted by atomic mass is 9.78. The fourth-order valence-corrected chi connectivity index (χ4v) is 3.37. The number of halogens is 1. The van der Waals surface area contributed by atoms with Gasteiger partial charge in [-0.05, 0) is 30.5 Å². The molecule has 0 spiro atoms. The number of nitrogens with zero attached hydrogens (tertiary/aromatic N) is 1. The van der Waals surface area contributed by atoms with Gasteiger partial charge in [0.25, 0.3) is 0 Å². The van der Waals surface area contributed by atoms with Crippen molar-refractivity contribution in [1.29, 1.82) is 0 Å². The summed E-state index contributed by atoms with van der Waals surface area (Å²) < 4.78 is 6.34. The molecule has 1 aromatic rings. The van der Waals surface area contributed by atoms with E-state index in [1.165, 1.54) is 0 Å². The number of thiocarbonyl (C=S) groups is 1. The molecule has 114 valence electrons. The molecule has 0 saturated carbocycles. The Kier molecular flexibility index (Phi) is 5.35. The van der Waals surface area contributed by atoms with Gasteiger partial charge < -0.3 is 15.4 Å². The molecular formula is C15H19BrN2O2S. The molecule has 2 N–H and O–H groups in total. The smallest absolute Gasteiger partial charge is 0.235 e. The lowest BCUT2D eigenvalue weighted by Crippen LogP contribution is -2.52. The van der Waals surface area contributed by atoms with E-state index in [1.807, 2.05) is 24.3 Å². The average Bonchev–Trinajstić information content (AvgIpc) is 2.47. The summed E-state index contributed by atoms with van der Waals surface area (Å²) in [5.41, 5.74) is 6.18. The fourth-order valence-electron chi connectivity index (χ4n) is 2.63. The molecule has 0 aromatic heterocycles. The molecule has 0 atom stereocenters. The maximum Gasteiger partial charge on any atom is 0.235 e. The van der Waals surface area contributed by atoms with Gasteiger partial charge in [0.1, 0.15) is 5.41 Å². The van der Waals surface area contributed by atoms with E-state index in [0.29, 0.717) is 32.6 Å². The molecule has 0 aliphatic carbocycles. The Morgan fingerprint density at radius 2 is 2.14 bits per heavy atom. The van der Waals surface area contributed by atoms with Gasteiger partial charge in [-0.2, -0.15) is 0 Å². The molecule has 1 saturated heterocycles. The van der Waals surface area contributed by atoms with Crippen molar-refractivity contribution >= 4 is 39.0 Å². The first-order valence-corrected chi connectivity index (χ1v) is 8.03. The molecule has 1 fully saturated rings. The van der Waals surface area contributed by atoms with Crippen molar-refractivity contribution < 1.29 is 9.53 Å². The SMILES string of the molecule is CN(Cc1cccc(Br)c1)C(=O)C1(C(N)=S)CCOCC1. The maximum atomic E-state index is 12.8. The molecule has 1 amide bonds. The number of nitrogens with two attached hydrogens (primary N) is 1. The minimum absolute atomic E-state index is 0.0155. The average molecular weight is 371 g/mol. The Hall–Kier alpha value is -0.980. The molecule has 1 aliphatic rings. The number of carbonyl (C=O) groups excluding carboxylic acids is 1. The van der Waals surface area contributed by atoms with Crippen molar-refractivity contribution in [3.05, 3.63) is 34.3 Å². The monoisotopic (exact) mass is 370 g/mol. The minimum atomic E-state index is -0.756. The number of carbonyl (C=O) groups is 1. The van der Waals surface area contributed by atoms with Crippen LogP contribution in [0.3, 0.4) is 0 Å². The quantitative estimate of drug-likeness (QED) is 0.827. The van der Waals surface area contributed by atoms with Gasteiger partial charge in [-0.15, -0.1) is 0 Å². The van der Waals surface area contributed by atoms with Crippen LogP contribution in [0.25, 0.3) is 0 Å². The number of hydrogen-bond donors (Lipinski definition) is 1. The standard InChI is InChI=1S/C15H19BrN2O2S/c1-18(10-11-3-2-4-12(16)9-11)14(19)15(13(17)21)5-7-20-8-6-15/h2-4,9H,5-8,10H2,1H3,(H2,17,21). The van der Waals surface area contributed by atoms with Gasteiger partial charge in [-0.1, -0.05) is 40.3 Å². The second-order valence-corrected chi connectivity index (χ2v) is 6.71. The molecule has 21 heavy (non-hydrogen) atoms. The second kappa shape index (κ2) is 6.85. The second-order valence-electron chi connectivity index (χ2n) is 5.35. The largest absolute Gasteiger partial charge is 0.392 e. The zero-order valence-electron chi connectivity index (χ0n) is 12.0. The van der Waals surface area contributed by atoms with E-state index in [9.17, 15) is 4.79 Å². The van der Waals surface area contributed by atoms with Crippen molar-refractivity contribution in [2.75, 3.05) is 20.3 Å². The Morgan fingerprint density at radius 1 is 1.48 bits per heavy atom. The van der Waals surface area contributed by atoms with Crippen LogP contribution in [0, 0.1) is 5.41 Å². The molecule has 0 unspecified atom stereocenters. The van der Waals surface area contributed by atoms with E-state index in [0.717, 1.165) is 10.0 Å². The van der Waals surface area contributed by atoms with Crippen LogP contribution >= 0.6 is 28.1 Å². The summed E-state index contributed by atoms with van der Waals surface area (Å²) in [6, 6.07) is 7.91. The highest BCUT2D eigenvalue weighted by molar-refractivity contribution is 9.10. The predicted molar refractivity (Wildman–Crippen MR) is 89.9 cm³/mol. The van der Waals surface area contributed by atoms with E-state index in [-0.39, 0.29) is 10.9 Å². The molecule has 6 heteroatoms. The van der Waals surface area contributed by atoms with Crippen LogP contribution in [-0.2, 0) is 16.1 Å². The summed E-state index contributed by atoms with van der Waals surface area (Å²) in [6.07, 6.45) is 1.12. The Balaban J connectivity index is 2.15. The van der Waals surface area contributed by atoms with Gasteiger partial charge in [0.2, 0.25) is 5.91 Å². The van der Waals surface area contributed by atoms with Crippen molar-refractivity contribution in [2.45, 2.75) is 19.4 Å². The van der Waals surface area contributed by atoms with Crippen LogP contribution in [0.4, 0.5) is 0 Å². The maximum absolute atomic E-state index is 12.8. The van der Waals surface area contributed by atoms with Crippen molar-refractivity contribution in [2.24, 2.45) is 11.1 Å². The van der Waals surface area contributed by atoms with Crippen LogP contribution in [0.2, 0.25) is 0 Å². The van der Waals surface area contributed by atoms with Crippen molar-refractivity contribution in [1.82, 2.24) is 4.90 Å². The highest BCUT2D eigenvalue weighted by atomic mass is 79.9. The van der Waals surface area contributed by atoms with E-state index < -0.39 is 5.41 Å². The molecular weight excluding hydrogens is 352 g/mol. The third-order valence-electron chi connectivity index (χ3n) is 3.88. The van der Waals surface area contributed by atoms with Crippen LogP contribution in [-0.4, -0.2) is 36.1 Å². The van der Waals surface area contributed by atoms with Gasteiger partial charge in [-0.25, -0.2) is 0 Å². The summed E-state index contributed by atoms with van der Waals surface area (Å²) in [4.78, 5) is 14.8. The minimum Gasteiger partial charge on any atom is -0.392 e. The van der Waals surface area contributed by atoms with Gasteiger partial charge in [0, 0.05) is 31.3 Å². The van der Waals surface area contributed by atoms with E-state index in [4.69, 9.17) is 22.7 Å². The molecule has 1 aromatic carbocycles. The molecule has 4 nitrogen and oxygen atoms in total. The van der Waals surface area contributed by atoms with E-state index in [2.05, 4.69) is 15.9 Å². The number of ether oxygens (including phenoxy) is 1. The highest BCUT2D eigenvalue weighted by Gasteiger charge is 2.44. The first kappa shape index (κ1) is 16.4. The topological polar surface area (TPSA) is 55.6 Å². The zero-order chi connectivity index (χ0) is 15.5. The summed E-state index contributed by atoms with van der Waals surface area (Å²) in [5.74, 6) is -0.0155. The fraction of sp³-hybridized carbons (Fsp3) is 0.467. The van der Waals surface area contributed by atoms with Crippen LogP contribution < -0.4 is 5.73 Å². The number of rotatable bonds is 4. The normalized spacial score (nSPS) is 17.2. The van der Waals surface area contributed by atoms with Crippen LogP contribution in [0.1, 0.15) is 18.4 Å². The number of hydrogen-bond acceptors (Lipinski definition) is 3. The molecule has 0 bridgehead atoms. The van der Waals surface area contributed by atoms with Crippen LogP contribution in [0.5, 0.6) is 0 Å². The van der Waals surface area contributed by atoms with Gasteiger partial charge in [-0.3, -0.25) is 4.79 Å². The number of benzene rings is 1. The van der Waals surface area contributed by atoms with Gasteiger partial charge in [0.05, 0.1) is 4.99 Å². The predicted octanol–water partition coefficient (Wildman–Crippen LogP) is 2.49. The van der Waals surface area contributed by atoms with Crippen molar-refractivity contribution in [3.8, 4) is 0 Å². The Bertz CT molecular complexity index is 544. The van der Waals surface area contributed by atoms with Gasteiger partial charge in [0.15, 0.2) is 0 Å². The van der Waals surface area contributed by atoms with Crippen LogP contribution in [0.15, 0.2) is 28.7 Å². The third-order valence-corrected chi connectivity index (χ3v) is 4.77.